The van der Waals surface area contributed by atoms with Crippen LogP contribution in [0.4, 0.5) is 5.82 Å². The van der Waals surface area contributed by atoms with Crippen LogP contribution in [0.25, 0.3) is 0 Å². The van der Waals surface area contributed by atoms with Crippen molar-refractivity contribution in [2.24, 2.45) is 0 Å². The minimum atomic E-state index is -0.0648. The Hall–Kier alpha value is -3.30. The number of hydrogen-bond donors (Lipinski definition) is 1. The Morgan fingerprint density at radius 3 is 2.56 bits per heavy atom. The Balaban J connectivity index is 1.29. The van der Waals surface area contributed by atoms with E-state index in [4.69, 9.17) is 16.3 Å². The molecular weight excluding hydrogens is 534 g/mol. The number of piperazine rings is 1. The fraction of sp³-hybridized carbons (Fsp3) is 0.379. The number of nitrogens with zero attached hydrogens (tertiary/aromatic N) is 4. The summed E-state index contributed by atoms with van der Waals surface area (Å²) in [5.74, 6) is 1.54. The van der Waals surface area contributed by atoms with Crippen molar-refractivity contribution >= 4 is 41.0 Å². The number of ether oxygens (including phenoxy) is 1. The SMILES string of the molecule is COc1ccc(C(=O)N2CCN(c3cc(Cl)nc(SCC(=O)NC(C)CCc4ccccc4)n3)CC2C)cc1. The Labute approximate surface area is 239 Å². The molecule has 2 atom stereocenters. The molecule has 0 aliphatic carbocycles. The number of thioether (sulfide) groups is 1. The van der Waals surface area contributed by atoms with Crippen molar-refractivity contribution in [2.45, 2.75) is 43.9 Å². The molecule has 10 heteroatoms. The molecule has 0 radical (unpaired) electrons. The fourth-order valence-electron chi connectivity index (χ4n) is 4.53. The van der Waals surface area contributed by atoms with Gasteiger partial charge in [0, 0.05) is 43.3 Å². The molecule has 1 fully saturated rings. The lowest BCUT2D eigenvalue weighted by molar-refractivity contribution is -0.119. The standard InChI is InChI=1S/C29H34ClN5O3S/c1-20(9-10-22-7-5-4-6-8-22)31-27(36)19-39-29-32-25(30)17-26(33-29)34-15-16-35(21(2)18-34)28(37)23-11-13-24(38-3)14-12-23/h4-8,11-14,17,20-21H,9-10,15-16,18-19H2,1-3H3,(H,31,36). The van der Waals surface area contributed by atoms with Crippen LogP contribution in [0.15, 0.2) is 65.8 Å². The molecule has 0 saturated carbocycles. The number of aryl methyl sites for hydroxylation is 1. The molecule has 1 aliphatic rings. The molecule has 1 aromatic heterocycles. The third kappa shape index (κ3) is 8.10. The quantitative estimate of drug-likeness (QED) is 0.215. The van der Waals surface area contributed by atoms with Gasteiger partial charge >= 0.3 is 0 Å². The Kier molecular flexibility index (Phi) is 10.1. The number of carbonyl (C=O) groups is 2. The van der Waals surface area contributed by atoms with E-state index in [-0.39, 0.29) is 29.7 Å². The smallest absolute Gasteiger partial charge is 0.254 e. The van der Waals surface area contributed by atoms with E-state index in [9.17, 15) is 9.59 Å². The minimum Gasteiger partial charge on any atom is -0.497 e. The third-order valence-corrected chi connectivity index (χ3v) is 7.70. The summed E-state index contributed by atoms with van der Waals surface area (Å²) in [4.78, 5) is 38.6. The maximum absolute atomic E-state index is 13.1. The van der Waals surface area contributed by atoms with Crippen LogP contribution >= 0.6 is 23.4 Å². The van der Waals surface area contributed by atoms with E-state index >= 15 is 0 Å². The zero-order chi connectivity index (χ0) is 27.8. The maximum atomic E-state index is 13.1. The topological polar surface area (TPSA) is 87.7 Å². The first kappa shape index (κ1) is 28.7. The summed E-state index contributed by atoms with van der Waals surface area (Å²) in [6.45, 7) is 5.82. The number of anilines is 1. The van der Waals surface area contributed by atoms with E-state index in [0.29, 0.717) is 47.1 Å². The van der Waals surface area contributed by atoms with Gasteiger partial charge in [-0.25, -0.2) is 9.97 Å². The van der Waals surface area contributed by atoms with Crippen LogP contribution in [-0.2, 0) is 11.2 Å². The number of amides is 2. The molecule has 4 rings (SSSR count). The van der Waals surface area contributed by atoms with Gasteiger partial charge in [0.2, 0.25) is 5.91 Å². The van der Waals surface area contributed by atoms with Gasteiger partial charge in [-0.15, -0.1) is 0 Å². The van der Waals surface area contributed by atoms with Gasteiger partial charge in [-0.05, 0) is 56.5 Å². The van der Waals surface area contributed by atoms with Gasteiger partial charge in [-0.1, -0.05) is 53.7 Å². The molecule has 3 aromatic rings. The van der Waals surface area contributed by atoms with E-state index in [0.717, 1.165) is 12.8 Å². The van der Waals surface area contributed by atoms with Crippen LogP contribution in [-0.4, -0.2) is 71.3 Å². The van der Waals surface area contributed by atoms with Gasteiger partial charge in [-0.3, -0.25) is 9.59 Å². The lowest BCUT2D eigenvalue weighted by atomic mass is 10.1. The van der Waals surface area contributed by atoms with Crippen molar-refractivity contribution in [3.8, 4) is 5.75 Å². The highest BCUT2D eigenvalue weighted by Crippen LogP contribution is 2.25. The molecule has 206 valence electrons. The summed E-state index contributed by atoms with van der Waals surface area (Å²) in [6.07, 6.45) is 1.77. The molecular formula is C29H34ClN5O3S. The third-order valence-electron chi connectivity index (χ3n) is 6.66. The largest absolute Gasteiger partial charge is 0.497 e. The van der Waals surface area contributed by atoms with E-state index in [2.05, 4.69) is 32.3 Å². The van der Waals surface area contributed by atoms with E-state index < -0.39 is 0 Å². The van der Waals surface area contributed by atoms with Gasteiger partial charge in [0.1, 0.15) is 16.7 Å². The van der Waals surface area contributed by atoms with Gasteiger partial charge in [0.05, 0.1) is 12.9 Å². The van der Waals surface area contributed by atoms with Crippen molar-refractivity contribution < 1.29 is 14.3 Å². The van der Waals surface area contributed by atoms with Crippen LogP contribution in [0.1, 0.15) is 36.2 Å². The summed E-state index contributed by atoms with van der Waals surface area (Å²) in [7, 11) is 1.60. The summed E-state index contributed by atoms with van der Waals surface area (Å²) < 4.78 is 5.19. The Bertz CT molecular complexity index is 1260. The maximum Gasteiger partial charge on any atom is 0.254 e. The number of benzene rings is 2. The second kappa shape index (κ2) is 13.7. The lowest BCUT2D eigenvalue weighted by Gasteiger charge is -2.40. The second-order valence-corrected chi connectivity index (χ2v) is 11.0. The van der Waals surface area contributed by atoms with E-state index in [1.165, 1.54) is 17.3 Å². The summed E-state index contributed by atoms with van der Waals surface area (Å²) >= 11 is 7.59. The second-order valence-electron chi connectivity index (χ2n) is 9.64. The summed E-state index contributed by atoms with van der Waals surface area (Å²) in [5, 5.41) is 3.83. The first-order valence-corrected chi connectivity index (χ1v) is 14.4. The minimum absolute atomic E-state index is 0.00854. The molecule has 0 bridgehead atoms. The molecule has 0 spiro atoms. The van der Waals surface area contributed by atoms with Crippen LogP contribution in [0, 0.1) is 0 Å². The van der Waals surface area contributed by atoms with Gasteiger partial charge in [0.25, 0.3) is 5.91 Å². The van der Waals surface area contributed by atoms with Crippen LogP contribution in [0.5, 0.6) is 5.75 Å². The number of hydrogen-bond acceptors (Lipinski definition) is 7. The number of methoxy groups -OCH3 is 1. The van der Waals surface area contributed by atoms with Crippen molar-refractivity contribution in [2.75, 3.05) is 37.4 Å². The molecule has 2 unspecified atom stereocenters. The van der Waals surface area contributed by atoms with Crippen molar-refractivity contribution in [3.05, 3.63) is 76.9 Å². The zero-order valence-electron chi connectivity index (χ0n) is 22.5. The molecule has 2 amide bonds. The van der Waals surface area contributed by atoms with Crippen LogP contribution < -0.4 is 15.0 Å². The molecule has 39 heavy (non-hydrogen) atoms. The Morgan fingerprint density at radius 1 is 1.13 bits per heavy atom. The highest BCUT2D eigenvalue weighted by atomic mass is 35.5. The average molecular weight is 568 g/mol. The summed E-state index contributed by atoms with van der Waals surface area (Å²) in [6, 6.07) is 19.2. The first-order chi connectivity index (χ1) is 18.8. The summed E-state index contributed by atoms with van der Waals surface area (Å²) in [5.41, 5.74) is 1.89. The Morgan fingerprint density at radius 2 is 1.87 bits per heavy atom. The number of rotatable bonds is 10. The predicted molar refractivity (Wildman–Crippen MR) is 156 cm³/mol. The molecule has 1 aliphatic heterocycles. The van der Waals surface area contributed by atoms with Crippen molar-refractivity contribution in [1.29, 1.82) is 0 Å². The molecule has 8 nitrogen and oxygen atoms in total. The highest BCUT2D eigenvalue weighted by Gasteiger charge is 2.29. The number of halogens is 1. The van der Waals surface area contributed by atoms with Gasteiger partial charge in [-0.2, -0.15) is 0 Å². The predicted octanol–water partition coefficient (Wildman–Crippen LogP) is 4.72. The number of nitrogens with one attached hydrogen (secondary N) is 1. The molecule has 2 aromatic carbocycles. The van der Waals surface area contributed by atoms with Crippen LogP contribution in [0.3, 0.4) is 0 Å². The van der Waals surface area contributed by atoms with Gasteiger partial charge in [0.15, 0.2) is 5.16 Å². The van der Waals surface area contributed by atoms with Gasteiger partial charge < -0.3 is 19.9 Å². The molecule has 1 saturated heterocycles. The normalized spacial score (nSPS) is 16.1. The average Bonchev–Trinajstić information content (AvgIpc) is 2.95. The van der Waals surface area contributed by atoms with Crippen molar-refractivity contribution in [3.63, 3.8) is 0 Å². The van der Waals surface area contributed by atoms with E-state index in [1.54, 1.807) is 37.4 Å². The number of carbonyl (C=O) groups excluding carboxylic acids is 2. The molecule has 1 N–H and O–H groups in total. The van der Waals surface area contributed by atoms with E-state index in [1.807, 2.05) is 36.9 Å². The van der Waals surface area contributed by atoms with Crippen LogP contribution in [0.2, 0.25) is 5.15 Å². The molecule has 2 heterocycles. The lowest BCUT2D eigenvalue weighted by Crippen LogP contribution is -2.54. The first-order valence-electron chi connectivity index (χ1n) is 13.0. The van der Waals surface area contributed by atoms with Crippen molar-refractivity contribution in [1.82, 2.24) is 20.2 Å². The fourth-order valence-corrected chi connectivity index (χ4v) is 5.42. The zero-order valence-corrected chi connectivity index (χ0v) is 24.0. The highest BCUT2D eigenvalue weighted by molar-refractivity contribution is 7.99. The monoisotopic (exact) mass is 567 g/mol. The number of aromatic nitrogens is 2.